The molecule has 0 aliphatic carbocycles. The van der Waals surface area contributed by atoms with E-state index in [-0.39, 0.29) is 5.69 Å². The quantitative estimate of drug-likeness (QED) is 0.360. The number of benzene rings is 1. The van der Waals surface area contributed by atoms with Gasteiger partial charge < -0.3 is 9.94 Å². The van der Waals surface area contributed by atoms with E-state index >= 15 is 0 Å². The lowest BCUT2D eigenvalue weighted by Gasteiger charge is -2.26. The molecule has 0 amide bonds. The molecule has 7 heteroatoms. The lowest BCUT2D eigenvalue weighted by Crippen LogP contribution is -2.39. The van der Waals surface area contributed by atoms with Gasteiger partial charge >= 0.3 is 0 Å². The number of hydrogen-bond donors (Lipinski definition) is 0. The molecule has 7 nitrogen and oxygen atoms in total. The van der Waals surface area contributed by atoms with E-state index in [1.54, 1.807) is 29.2 Å². The summed E-state index contributed by atoms with van der Waals surface area (Å²) in [5.41, 5.74) is 0.494. The highest BCUT2D eigenvalue weighted by atomic mass is 16.6. The molecule has 20 heavy (non-hydrogen) atoms. The summed E-state index contributed by atoms with van der Waals surface area (Å²) in [5, 5.41) is 22.7. The Balaban J connectivity index is 2.11. The second kappa shape index (κ2) is 4.69. The van der Waals surface area contributed by atoms with Crippen LogP contribution in [0.1, 0.15) is 0 Å². The summed E-state index contributed by atoms with van der Waals surface area (Å²) in [7, 11) is 0. The van der Waals surface area contributed by atoms with Crippen LogP contribution in [-0.4, -0.2) is 18.1 Å². The second-order valence-electron chi connectivity index (χ2n) is 4.29. The fourth-order valence-corrected chi connectivity index (χ4v) is 2.19. The summed E-state index contributed by atoms with van der Waals surface area (Å²) < 4.78 is 6.20. The van der Waals surface area contributed by atoms with Crippen LogP contribution in [0.3, 0.4) is 0 Å². The van der Waals surface area contributed by atoms with Gasteiger partial charge in [-0.15, -0.1) is 0 Å². The van der Waals surface area contributed by atoms with Gasteiger partial charge in [0, 0.05) is 12.1 Å². The van der Waals surface area contributed by atoms with Crippen LogP contribution in [0.25, 0.3) is 0 Å². The molecular formula is C13H11N3O4. The highest BCUT2D eigenvalue weighted by Crippen LogP contribution is 2.37. The van der Waals surface area contributed by atoms with Crippen molar-refractivity contribution in [3.05, 3.63) is 57.9 Å². The lowest BCUT2D eigenvalue weighted by molar-refractivity contribution is -0.591. The van der Waals surface area contributed by atoms with E-state index in [2.05, 4.69) is 0 Å². The predicted octanol–water partition coefficient (Wildman–Crippen LogP) is 1.76. The zero-order valence-electron chi connectivity index (χ0n) is 10.4. The standard InChI is InChI=1S/C13H11N3O4/c17-15-6-2-1-3-13(15)14-7-8-20-12-5-4-10(16(18)19)9-11(12)14/h1-6,9H,7-8H2. The number of anilines is 2. The maximum Gasteiger partial charge on any atom is 0.284 e. The minimum atomic E-state index is -0.469. The van der Waals surface area contributed by atoms with E-state index in [9.17, 15) is 15.3 Å². The van der Waals surface area contributed by atoms with Gasteiger partial charge in [0.1, 0.15) is 13.2 Å². The maximum absolute atomic E-state index is 11.8. The average molecular weight is 273 g/mol. The van der Waals surface area contributed by atoms with Crippen LogP contribution in [0.5, 0.6) is 5.75 Å². The molecule has 102 valence electrons. The number of non-ortho nitro benzene ring substituents is 1. The molecule has 0 unspecified atom stereocenters. The first kappa shape index (κ1) is 12.2. The highest BCUT2D eigenvalue weighted by molar-refractivity contribution is 5.70. The molecule has 2 heterocycles. The van der Waals surface area contributed by atoms with Crippen molar-refractivity contribution >= 4 is 17.2 Å². The lowest BCUT2D eigenvalue weighted by atomic mass is 10.2. The largest absolute Gasteiger partial charge is 0.711 e. The molecule has 2 aromatic rings. The molecule has 0 spiro atoms. The van der Waals surface area contributed by atoms with Crippen molar-refractivity contribution in [3.63, 3.8) is 0 Å². The van der Waals surface area contributed by atoms with Crippen molar-refractivity contribution in [2.75, 3.05) is 18.1 Å². The Bertz CT molecular complexity index is 674. The van der Waals surface area contributed by atoms with Crippen molar-refractivity contribution in [1.29, 1.82) is 0 Å². The van der Waals surface area contributed by atoms with Crippen LogP contribution >= 0.6 is 0 Å². The number of fused-ring (bicyclic) bond motifs is 1. The Kier molecular flexibility index (Phi) is 2.86. The van der Waals surface area contributed by atoms with Crippen molar-refractivity contribution in [1.82, 2.24) is 0 Å². The Labute approximate surface area is 114 Å². The number of nitrogens with zero attached hydrogens (tertiary/aromatic N) is 3. The second-order valence-corrected chi connectivity index (χ2v) is 4.29. The minimum absolute atomic E-state index is 0.0346. The van der Waals surface area contributed by atoms with Crippen LogP contribution in [0.2, 0.25) is 0 Å². The Morgan fingerprint density at radius 2 is 2.15 bits per heavy atom. The van der Waals surface area contributed by atoms with Gasteiger partial charge in [-0.3, -0.25) is 10.1 Å². The molecule has 1 aliphatic heterocycles. The average Bonchev–Trinajstić information content (AvgIpc) is 2.46. The molecule has 0 fully saturated rings. The fourth-order valence-electron chi connectivity index (χ4n) is 2.19. The summed E-state index contributed by atoms with van der Waals surface area (Å²) in [6.07, 6.45) is 1.39. The van der Waals surface area contributed by atoms with Crippen LogP contribution < -0.4 is 14.4 Å². The summed E-state index contributed by atoms with van der Waals surface area (Å²) in [5.74, 6) is 0.947. The van der Waals surface area contributed by atoms with Crippen molar-refractivity contribution < 1.29 is 14.4 Å². The third-order valence-electron chi connectivity index (χ3n) is 3.10. The topological polar surface area (TPSA) is 82.6 Å². The molecule has 0 saturated carbocycles. The van der Waals surface area contributed by atoms with Crippen molar-refractivity contribution in [3.8, 4) is 5.75 Å². The van der Waals surface area contributed by atoms with Gasteiger partial charge in [0.2, 0.25) is 0 Å². The summed E-state index contributed by atoms with van der Waals surface area (Å²) >= 11 is 0. The van der Waals surface area contributed by atoms with E-state index in [0.717, 1.165) is 4.73 Å². The number of nitro benzene ring substituents is 1. The summed E-state index contributed by atoms with van der Waals surface area (Å²) in [6, 6.07) is 9.40. The number of pyridine rings is 1. The number of nitro groups is 1. The van der Waals surface area contributed by atoms with Gasteiger partial charge in [-0.05, 0) is 12.1 Å². The van der Waals surface area contributed by atoms with E-state index < -0.39 is 4.92 Å². The first-order valence-corrected chi connectivity index (χ1v) is 6.04. The predicted molar refractivity (Wildman–Crippen MR) is 71.0 cm³/mol. The molecule has 1 aromatic carbocycles. The molecule has 0 radical (unpaired) electrons. The molecule has 1 aliphatic rings. The number of aromatic nitrogens is 1. The number of rotatable bonds is 2. The van der Waals surface area contributed by atoms with Crippen LogP contribution in [0.4, 0.5) is 17.2 Å². The van der Waals surface area contributed by atoms with E-state index in [1.807, 2.05) is 0 Å². The number of hydrogen-bond acceptors (Lipinski definition) is 5. The van der Waals surface area contributed by atoms with E-state index in [4.69, 9.17) is 4.74 Å². The van der Waals surface area contributed by atoms with E-state index in [0.29, 0.717) is 30.4 Å². The Morgan fingerprint density at radius 1 is 1.30 bits per heavy atom. The monoisotopic (exact) mass is 273 g/mol. The molecule has 1 aromatic heterocycles. The van der Waals surface area contributed by atoms with Gasteiger partial charge in [0.05, 0.1) is 17.2 Å². The SMILES string of the molecule is O=[N+]([O-])c1ccc2c(c1)N(c1cccc[n+]1[O-])CCO2. The van der Waals surface area contributed by atoms with Gasteiger partial charge in [0.15, 0.2) is 11.4 Å². The summed E-state index contributed by atoms with van der Waals surface area (Å²) in [4.78, 5) is 12.1. The van der Waals surface area contributed by atoms with Crippen LogP contribution in [-0.2, 0) is 0 Å². The van der Waals surface area contributed by atoms with Gasteiger partial charge in [0.25, 0.3) is 11.5 Å². The fraction of sp³-hybridized carbons (Fsp3) is 0.154. The van der Waals surface area contributed by atoms with Gasteiger partial charge in [-0.25, -0.2) is 9.63 Å². The van der Waals surface area contributed by atoms with Gasteiger partial charge in [-0.1, -0.05) is 6.07 Å². The zero-order valence-corrected chi connectivity index (χ0v) is 10.4. The van der Waals surface area contributed by atoms with Crippen molar-refractivity contribution in [2.45, 2.75) is 0 Å². The molecular weight excluding hydrogens is 262 g/mol. The highest BCUT2D eigenvalue weighted by Gasteiger charge is 2.29. The molecule has 0 N–H and O–H groups in total. The third kappa shape index (κ3) is 1.99. The van der Waals surface area contributed by atoms with E-state index in [1.165, 1.54) is 18.3 Å². The third-order valence-corrected chi connectivity index (χ3v) is 3.10. The maximum atomic E-state index is 11.8. The summed E-state index contributed by atoms with van der Waals surface area (Å²) in [6.45, 7) is 0.875. The minimum Gasteiger partial charge on any atom is -0.711 e. The first-order valence-electron chi connectivity index (χ1n) is 6.04. The van der Waals surface area contributed by atoms with Gasteiger partial charge in [-0.2, -0.15) is 0 Å². The zero-order chi connectivity index (χ0) is 14.1. The molecule has 3 rings (SSSR count). The van der Waals surface area contributed by atoms with Crippen molar-refractivity contribution in [2.24, 2.45) is 0 Å². The molecule has 0 atom stereocenters. The molecule has 0 bridgehead atoms. The number of ether oxygens (including phenoxy) is 1. The Hall–Kier alpha value is -2.83. The Morgan fingerprint density at radius 3 is 2.90 bits per heavy atom. The smallest absolute Gasteiger partial charge is 0.284 e. The van der Waals surface area contributed by atoms with Crippen LogP contribution in [0, 0.1) is 15.3 Å². The van der Waals surface area contributed by atoms with Crippen LogP contribution in [0.15, 0.2) is 42.6 Å². The normalized spacial score (nSPS) is 13.5. The first-order chi connectivity index (χ1) is 9.66. The molecule has 0 saturated heterocycles.